The van der Waals surface area contributed by atoms with Gasteiger partial charge in [0.1, 0.15) is 5.60 Å². The van der Waals surface area contributed by atoms with Crippen LogP contribution in [0.25, 0.3) is 0 Å². The summed E-state index contributed by atoms with van der Waals surface area (Å²) in [6, 6.07) is 9.60. The third kappa shape index (κ3) is 2.22. The highest BCUT2D eigenvalue weighted by Gasteiger charge is 2.51. The van der Waals surface area contributed by atoms with Crippen molar-refractivity contribution < 1.29 is 13.5 Å². The lowest BCUT2D eigenvalue weighted by Gasteiger charge is -2.46. The lowest BCUT2D eigenvalue weighted by molar-refractivity contribution is -0.0711. The lowest BCUT2D eigenvalue weighted by Crippen LogP contribution is -2.63. The summed E-state index contributed by atoms with van der Waals surface area (Å²) in [6.07, 6.45) is 2.72. The van der Waals surface area contributed by atoms with Gasteiger partial charge in [0.2, 0.25) is 10.0 Å². The van der Waals surface area contributed by atoms with Crippen molar-refractivity contribution in [3.63, 3.8) is 0 Å². The molecule has 1 aromatic heterocycles. The first-order valence-electron chi connectivity index (χ1n) is 7.67. The Morgan fingerprint density at radius 3 is 2.30 bits per heavy atom. The molecular weight excluding hydrogens is 314 g/mol. The van der Waals surface area contributed by atoms with Crippen molar-refractivity contribution in [2.45, 2.75) is 23.7 Å². The quantitative estimate of drug-likeness (QED) is 0.883. The first-order valence-corrected chi connectivity index (χ1v) is 9.17. The number of fused-ring (bicyclic) bond motifs is 1. The second kappa shape index (κ2) is 4.90. The van der Waals surface area contributed by atoms with Gasteiger partial charge in [-0.1, -0.05) is 24.3 Å². The van der Waals surface area contributed by atoms with Gasteiger partial charge in [0.05, 0.1) is 10.9 Å². The number of aromatic nitrogens is 2. The Morgan fingerprint density at radius 1 is 1.17 bits per heavy atom. The predicted octanol–water partition coefficient (Wildman–Crippen LogP) is 0.421. The molecule has 6 nitrogen and oxygen atoms in total. The minimum Gasteiger partial charge on any atom is -0.381 e. The molecule has 1 saturated heterocycles. The lowest BCUT2D eigenvalue weighted by atomic mass is 9.93. The largest absolute Gasteiger partial charge is 0.381 e. The topological polar surface area (TPSA) is 75.4 Å². The fourth-order valence-corrected chi connectivity index (χ4v) is 5.64. The van der Waals surface area contributed by atoms with E-state index in [0.29, 0.717) is 18.5 Å². The summed E-state index contributed by atoms with van der Waals surface area (Å²) >= 11 is 0. The Kier molecular flexibility index (Phi) is 3.16. The van der Waals surface area contributed by atoms with Crippen LogP contribution in [0.1, 0.15) is 16.8 Å². The normalized spacial score (nSPS) is 21.1. The molecule has 1 aromatic carbocycles. The zero-order valence-corrected chi connectivity index (χ0v) is 13.7. The average molecular weight is 333 g/mol. The second-order valence-corrected chi connectivity index (χ2v) is 8.70. The molecule has 0 atom stereocenters. The van der Waals surface area contributed by atoms with Gasteiger partial charge in [-0.05, 0) is 30.0 Å². The number of aliphatic hydroxyl groups is 1. The molecule has 0 saturated carbocycles. The van der Waals surface area contributed by atoms with Crippen LogP contribution in [0.2, 0.25) is 0 Å². The molecule has 122 valence electrons. The first-order chi connectivity index (χ1) is 10.9. The van der Waals surface area contributed by atoms with Crippen LogP contribution in [0, 0.1) is 0 Å². The molecule has 7 heteroatoms. The third-order valence-electron chi connectivity index (χ3n) is 4.97. The molecule has 4 rings (SSSR count). The van der Waals surface area contributed by atoms with E-state index in [1.165, 1.54) is 4.31 Å². The number of rotatable bonds is 3. The van der Waals surface area contributed by atoms with E-state index in [1.807, 2.05) is 24.3 Å². The summed E-state index contributed by atoms with van der Waals surface area (Å²) in [5.41, 5.74) is 1.75. The maximum absolute atomic E-state index is 12.8. The van der Waals surface area contributed by atoms with E-state index >= 15 is 0 Å². The van der Waals surface area contributed by atoms with E-state index in [9.17, 15) is 13.5 Å². The fraction of sp³-hybridized carbons (Fsp3) is 0.438. The number of hydrogen-bond acceptors (Lipinski definition) is 4. The molecule has 23 heavy (non-hydrogen) atoms. The van der Waals surface area contributed by atoms with E-state index < -0.39 is 20.9 Å². The van der Waals surface area contributed by atoms with Crippen molar-refractivity contribution in [1.29, 1.82) is 0 Å². The van der Waals surface area contributed by atoms with E-state index in [1.54, 1.807) is 24.0 Å². The second-order valence-electron chi connectivity index (χ2n) is 6.48. The van der Waals surface area contributed by atoms with Crippen LogP contribution < -0.4 is 0 Å². The molecular formula is C16H19N3O3S. The van der Waals surface area contributed by atoms with Crippen LogP contribution in [0.4, 0.5) is 0 Å². The smallest absolute Gasteiger partial charge is 0.217 e. The van der Waals surface area contributed by atoms with Gasteiger partial charge in [-0.2, -0.15) is 9.40 Å². The Hall–Kier alpha value is -1.70. The minimum atomic E-state index is -3.40. The summed E-state index contributed by atoms with van der Waals surface area (Å²) in [6.45, 7) is 0.198. The molecule has 0 amide bonds. The Labute approximate surface area is 135 Å². The van der Waals surface area contributed by atoms with Crippen LogP contribution in [0.15, 0.2) is 36.5 Å². The molecule has 1 aliphatic heterocycles. The van der Waals surface area contributed by atoms with Crippen LogP contribution in [0.5, 0.6) is 0 Å². The summed E-state index contributed by atoms with van der Waals surface area (Å²) in [5, 5.41) is 14.3. The highest BCUT2D eigenvalue weighted by molar-refractivity contribution is 7.89. The molecule has 2 aliphatic rings. The van der Waals surface area contributed by atoms with Crippen LogP contribution in [-0.2, 0) is 35.5 Å². The molecule has 2 aromatic rings. The van der Waals surface area contributed by atoms with Crippen LogP contribution >= 0.6 is 0 Å². The maximum Gasteiger partial charge on any atom is 0.217 e. The number of sulfonamides is 1. The molecule has 0 unspecified atom stereocenters. The average Bonchev–Trinajstić information content (AvgIpc) is 3.10. The monoisotopic (exact) mass is 333 g/mol. The van der Waals surface area contributed by atoms with Crippen molar-refractivity contribution in [2.24, 2.45) is 7.05 Å². The Balaban J connectivity index is 1.51. The summed E-state index contributed by atoms with van der Waals surface area (Å²) < 4.78 is 28.6. The maximum atomic E-state index is 12.8. The van der Waals surface area contributed by atoms with E-state index in [-0.39, 0.29) is 13.1 Å². The van der Waals surface area contributed by atoms with Gasteiger partial charge >= 0.3 is 0 Å². The van der Waals surface area contributed by atoms with Gasteiger partial charge in [0, 0.05) is 26.3 Å². The summed E-state index contributed by atoms with van der Waals surface area (Å²) in [4.78, 5) is 0. The highest BCUT2D eigenvalue weighted by Crippen LogP contribution is 2.37. The van der Waals surface area contributed by atoms with Gasteiger partial charge in [-0.15, -0.1) is 0 Å². The molecule has 0 radical (unpaired) electrons. The number of nitrogens with zero attached hydrogens (tertiary/aromatic N) is 3. The Bertz CT molecular complexity index is 828. The van der Waals surface area contributed by atoms with Crippen molar-refractivity contribution >= 4 is 10.0 Å². The Morgan fingerprint density at radius 2 is 1.78 bits per heavy atom. The van der Waals surface area contributed by atoms with Crippen molar-refractivity contribution in [3.05, 3.63) is 53.3 Å². The standard InChI is InChI=1S/C16H19N3O3S/c1-18-15(6-7-17-18)16(20)10-19(11-16)23(21,22)14-8-12-4-2-3-5-13(12)9-14/h2-7,14,20H,8-11H2,1H3. The number of benzene rings is 1. The molecule has 1 fully saturated rings. The fourth-order valence-electron chi connectivity index (χ4n) is 3.65. The SMILES string of the molecule is Cn1nccc1C1(O)CN(S(=O)(=O)C2Cc3ccccc3C2)C1. The zero-order valence-electron chi connectivity index (χ0n) is 12.9. The number of aryl methyl sites for hydroxylation is 1. The van der Waals surface area contributed by atoms with E-state index in [4.69, 9.17) is 0 Å². The molecule has 2 heterocycles. The molecule has 0 spiro atoms. The van der Waals surface area contributed by atoms with Crippen molar-refractivity contribution in [2.75, 3.05) is 13.1 Å². The van der Waals surface area contributed by atoms with Crippen LogP contribution in [-0.4, -0.2) is 45.9 Å². The molecule has 0 bridgehead atoms. The number of β-amino-alcohol motifs (C(OH)–C–C–N with tert-alkyl or cyclic N) is 1. The van der Waals surface area contributed by atoms with E-state index in [2.05, 4.69) is 5.10 Å². The summed E-state index contributed by atoms with van der Waals surface area (Å²) in [7, 11) is -1.65. The van der Waals surface area contributed by atoms with Crippen molar-refractivity contribution in [3.8, 4) is 0 Å². The molecule has 1 N–H and O–H groups in total. The minimum absolute atomic E-state index is 0.0989. The van der Waals surface area contributed by atoms with Crippen molar-refractivity contribution in [1.82, 2.24) is 14.1 Å². The van der Waals surface area contributed by atoms with Crippen LogP contribution in [0.3, 0.4) is 0 Å². The summed E-state index contributed by atoms with van der Waals surface area (Å²) in [5.74, 6) is 0. The first kappa shape index (κ1) is 14.9. The number of hydrogen-bond donors (Lipinski definition) is 1. The van der Waals surface area contributed by atoms with E-state index in [0.717, 1.165) is 11.1 Å². The predicted molar refractivity (Wildman–Crippen MR) is 85.2 cm³/mol. The van der Waals surface area contributed by atoms with Gasteiger partial charge in [0.25, 0.3) is 0 Å². The van der Waals surface area contributed by atoms with Gasteiger partial charge in [0.15, 0.2) is 0 Å². The molecule has 1 aliphatic carbocycles. The third-order valence-corrected chi connectivity index (χ3v) is 7.12. The van der Waals surface area contributed by atoms with Gasteiger partial charge < -0.3 is 5.11 Å². The zero-order chi connectivity index (χ0) is 16.2. The van der Waals surface area contributed by atoms with Gasteiger partial charge in [-0.3, -0.25) is 4.68 Å². The highest BCUT2D eigenvalue weighted by atomic mass is 32.2. The van der Waals surface area contributed by atoms with Gasteiger partial charge in [-0.25, -0.2) is 8.42 Å².